The van der Waals surface area contributed by atoms with Gasteiger partial charge >= 0.3 is 0 Å². The highest BCUT2D eigenvalue weighted by atomic mass is 16.6. The third-order valence-corrected chi connectivity index (χ3v) is 6.39. The van der Waals surface area contributed by atoms with Crippen LogP contribution in [0.5, 0.6) is 0 Å². The van der Waals surface area contributed by atoms with Crippen LogP contribution in [-0.2, 0) is 16.6 Å². The molecule has 1 aromatic carbocycles. The molecule has 6 N–H and O–H groups in total. The fraction of sp³-hybridized carbons (Fsp3) is 0.417. The second-order valence-electron chi connectivity index (χ2n) is 9.85. The van der Waals surface area contributed by atoms with Gasteiger partial charge in [0.1, 0.15) is 23.8 Å². The van der Waals surface area contributed by atoms with Crippen LogP contribution in [0.1, 0.15) is 43.8 Å². The summed E-state index contributed by atoms with van der Waals surface area (Å²) >= 11 is 0. The third kappa shape index (κ3) is 4.16. The van der Waals surface area contributed by atoms with Crippen molar-refractivity contribution in [2.45, 2.75) is 57.1 Å². The fourth-order valence-corrected chi connectivity index (χ4v) is 4.32. The maximum Gasteiger partial charge on any atom is 0.168 e. The molecular weight excluding hydrogens is 450 g/mol. The van der Waals surface area contributed by atoms with E-state index in [9.17, 15) is 15.3 Å². The number of ether oxygens (including phenoxy) is 1. The Morgan fingerprint density at radius 3 is 2.51 bits per heavy atom. The van der Waals surface area contributed by atoms with Gasteiger partial charge in [-0.05, 0) is 16.5 Å². The van der Waals surface area contributed by atoms with Crippen molar-refractivity contribution in [3.05, 3.63) is 53.6 Å². The lowest BCUT2D eigenvalue weighted by molar-refractivity contribution is -0.0511. The summed E-state index contributed by atoms with van der Waals surface area (Å²) in [5, 5.41) is 37.3. The van der Waals surface area contributed by atoms with Crippen molar-refractivity contribution in [2.75, 3.05) is 12.3 Å². The van der Waals surface area contributed by atoms with Crippen LogP contribution in [0.4, 0.5) is 5.82 Å². The predicted molar refractivity (Wildman–Crippen MR) is 128 cm³/mol. The van der Waals surface area contributed by atoms with Gasteiger partial charge in [-0.25, -0.2) is 15.0 Å². The topological polar surface area (TPSA) is 168 Å². The number of hydrogen-bond donors (Lipinski definition) is 5. The first kappa shape index (κ1) is 23.4. The Bertz CT molecular complexity index is 1340. The molecule has 1 aliphatic rings. The molecule has 0 aliphatic carbocycles. The van der Waals surface area contributed by atoms with Gasteiger partial charge in [0.05, 0.1) is 24.2 Å². The Labute approximate surface area is 201 Å². The molecule has 35 heavy (non-hydrogen) atoms. The first-order chi connectivity index (χ1) is 16.7. The average molecular weight is 480 g/mol. The van der Waals surface area contributed by atoms with Crippen molar-refractivity contribution >= 4 is 17.0 Å². The number of aliphatic hydroxyl groups excluding tert-OH is 3. The second kappa shape index (κ2) is 8.68. The molecule has 0 amide bonds. The lowest BCUT2D eigenvalue weighted by Crippen LogP contribution is -2.33. The van der Waals surface area contributed by atoms with Gasteiger partial charge in [-0.3, -0.25) is 9.67 Å². The van der Waals surface area contributed by atoms with Gasteiger partial charge in [0.2, 0.25) is 0 Å². The molecule has 0 spiro atoms. The highest BCUT2D eigenvalue weighted by molar-refractivity contribution is 5.84. The molecule has 0 unspecified atom stereocenters. The number of hydrogen-bond acceptors (Lipinski definition) is 9. The summed E-state index contributed by atoms with van der Waals surface area (Å²) in [5.41, 5.74) is 10.7. The molecule has 184 valence electrons. The number of rotatable bonds is 5. The van der Waals surface area contributed by atoms with Crippen LogP contribution < -0.4 is 5.73 Å². The van der Waals surface area contributed by atoms with Crippen LogP contribution in [0.2, 0.25) is 0 Å². The number of fused-ring (bicyclic) bond motifs is 1. The summed E-state index contributed by atoms with van der Waals surface area (Å²) in [5.74, 6) is 0.510. The molecule has 5 rings (SSSR count). The van der Waals surface area contributed by atoms with Gasteiger partial charge in [0.15, 0.2) is 23.5 Å². The van der Waals surface area contributed by atoms with Crippen LogP contribution in [0.15, 0.2) is 36.8 Å². The molecule has 0 bridgehead atoms. The summed E-state index contributed by atoms with van der Waals surface area (Å²) in [6.07, 6.45) is -0.718. The quantitative estimate of drug-likeness (QED) is 0.283. The van der Waals surface area contributed by atoms with E-state index in [2.05, 4.69) is 70.2 Å². The van der Waals surface area contributed by atoms with Crippen molar-refractivity contribution in [1.82, 2.24) is 29.7 Å². The second-order valence-corrected chi connectivity index (χ2v) is 9.85. The zero-order valence-electron chi connectivity index (χ0n) is 19.8. The molecule has 1 fully saturated rings. The first-order valence-electron chi connectivity index (χ1n) is 11.4. The highest BCUT2D eigenvalue weighted by Crippen LogP contribution is 2.33. The number of nitrogens with zero attached hydrogens (tertiary/aromatic N) is 5. The predicted octanol–water partition coefficient (Wildman–Crippen LogP) is 1.30. The lowest BCUT2D eigenvalue weighted by atomic mass is 9.86. The molecule has 11 heteroatoms. The zero-order chi connectivity index (χ0) is 24.9. The largest absolute Gasteiger partial charge is 0.394 e. The van der Waals surface area contributed by atoms with Crippen LogP contribution in [0, 0.1) is 0 Å². The number of imidazole rings is 1. The molecule has 0 radical (unpaired) electrons. The van der Waals surface area contributed by atoms with Gasteiger partial charge in [-0.2, -0.15) is 5.10 Å². The van der Waals surface area contributed by atoms with Crippen molar-refractivity contribution < 1.29 is 20.1 Å². The van der Waals surface area contributed by atoms with Crippen LogP contribution in [0.3, 0.4) is 0 Å². The van der Waals surface area contributed by atoms with Gasteiger partial charge < -0.3 is 25.8 Å². The minimum Gasteiger partial charge on any atom is -0.394 e. The standard InChI is InChI=1S/C24H29N7O4/c1-24(2,3)13-6-4-12(5-7-13)8-15-14(9-27-30-15)21-28-20(25)17-22(29-21)31(11-26-17)23-19(34)18(33)16(10-32)35-23/h4-7,9,11,16,18-19,23,32-34H,8,10H2,1-3H3,(H,27,30)(H2,25,28,29)/t16-,18-,19-,23-/m1/s1. The molecule has 4 atom stereocenters. The van der Waals surface area contributed by atoms with Gasteiger partial charge in [0, 0.05) is 12.6 Å². The van der Waals surface area contributed by atoms with Gasteiger partial charge in [-0.15, -0.1) is 0 Å². The average Bonchev–Trinajstić information content (AvgIpc) is 3.52. The monoisotopic (exact) mass is 479 g/mol. The first-order valence-corrected chi connectivity index (χ1v) is 11.4. The SMILES string of the molecule is CC(C)(C)c1ccc(Cc2n[nH]cc2-c2nc(N)c3ncn([C@@H]4O[C@H](CO)[C@@H](O)[C@H]4O)c3n2)cc1. The number of nitrogens with one attached hydrogen (secondary N) is 1. The van der Waals surface area contributed by atoms with E-state index in [1.807, 2.05) is 0 Å². The molecule has 3 aromatic heterocycles. The number of aromatic amines is 1. The molecule has 4 aromatic rings. The molecule has 11 nitrogen and oxygen atoms in total. The number of benzene rings is 1. The minimum atomic E-state index is -1.27. The van der Waals surface area contributed by atoms with Crippen molar-refractivity contribution in [3.8, 4) is 11.4 Å². The Morgan fingerprint density at radius 2 is 1.86 bits per heavy atom. The van der Waals surface area contributed by atoms with Crippen LogP contribution in [-0.4, -0.2) is 70.0 Å². The zero-order valence-corrected chi connectivity index (χ0v) is 19.8. The summed E-state index contributed by atoms with van der Waals surface area (Å²) in [6, 6.07) is 8.44. The van der Waals surface area contributed by atoms with E-state index in [0.717, 1.165) is 11.3 Å². The maximum atomic E-state index is 10.5. The third-order valence-electron chi connectivity index (χ3n) is 6.39. The maximum absolute atomic E-state index is 10.5. The molecule has 1 aliphatic heterocycles. The van der Waals surface area contributed by atoms with Gasteiger partial charge in [0.25, 0.3) is 0 Å². The highest BCUT2D eigenvalue weighted by Gasteiger charge is 2.44. The molecule has 4 heterocycles. The van der Waals surface area contributed by atoms with Crippen LogP contribution in [0.25, 0.3) is 22.6 Å². The summed E-state index contributed by atoms with van der Waals surface area (Å²) in [7, 11) is 0. The number of nitrogen functional groups attached to an aromatic ring is 1. The number of aromatic nitrogens is 6. The van der Waals surface area contributed by atoms with E-state index in [-0.39, 0.29) is 11.2 Å². The summed E-state index contributed by atoms with van der Waals surface area (Å²) < 4.78 is 7.14. The number of H-pyrrole nitrogens is 1. The number of nitrogens with two attached hydrogens (primary N) is 1. The molecular formula is C24H29N7O4. The normalized spacial score (nSPS) is 22.8. The smallest absolute Gasteiger partial charge is 0.168 e. The Morgan fingerprint density at radius 1 is 1.11 bits per heavy atom. The van der Waals surface area contributed by atoms with E-state index in [1.165, 1.54) is 16.5 Å². The Kier molecular flexibility index (Phi) is 5.80. The Hall–Kier alpha value is -3.38. The van der Waals surface area contributed by atoms with E-state index < -0.39 is 31.1 Å². The van der Waals surface area contributed by atoms with Crippen molar-refractivity contribution in [3.63, 3.8) is 0 Å². The van der Waals surface area contributed by atoms with Gasteiger partial charge in [-0.1, -0.05) is 45.0 Å². The van der Waals surface area contributed by atoms with Crippen molar-refractivity contribution in [1.29, 1.82) is 0 Å². The molecule has 0 saturated carbocycles. The molecule has 1 saturated heterocycles. The summed E-state index contributed by atoms with van der Waals surface area (Å²) in [6.45, 7) is 6.10. The van der Waals surface area contributed by atoms with Crippen molar-refractivity contribution in [2.24, 2.45) is 0 Å². The van der Waals surface area contributed by atoms with Crippen LogP contribution >= 0.6 is 0 Å². The van der Waals surface area contributed by atoms with E-state index in [4.69, 9.17) is 10.5 Å². The number of anilines is 1. The van der Waals surface area contributed by atoms with E-state index in [1.54, 1.807) is 6.20 Å². The minimum absolute atomic E-state index is 0.0730. The summed E-state index contributed by atoms with van der Waals surface area (Å²) in [4.78, 5) is 13.4. The number of aliphatic hydroxyl groups is 3. The van der Waals surface area contributed by atoms with E-state index in [0.29, 0.717) is 29.0 Å². The Balaban J connectivity index is 1.49. The van der Waals surface area contributed by atoms with E-state index >= 15 is 0 Å². The lowest BCUT2D eigenvalue weighted by Gasteiger charge is -2.19. The fourth-order valence-electron chi connectivity index (χ4n) is 4.32.